The summed E-state index contributed by atoms with van der Waals surface area (Å²) in [5.41, 5.74) is 2.54. The van der Waals surface area contributed by atoms with Crippen LogP contribution in [0.2, 0.25) is 0 Å². The van der Waals surface area contributed by atoms with Gasteiger partial charge in [0.2, 0.25) is 5.91 Å². The third-order valence-corrected chi connectivity index (χ3v) is 6.32. The number of anilines is 1. The van der Waals surface area contributed by atoms with Gasteiger partial charge in [0.15, 0.2) is 0 Å². The first-order valence-corrected chi connectivity index (χ1v) is 10.4. The zero-order chi connectivity index (χ0) is 20.6. The van der Waals surface area contributed by atoms with Crippen LogP contribution < -0.4 is 5.32 Å². The molecule has 2 saturated heterocycles. The maximum atomic E-state index is 12.4. The van der Waals surface area contributed by atoms with Crippen molar-refractivity contribution in [2.75, 3.05) is 31.6 Å². The Balaban J connectivity index is 1.35. The second kappa shape index (κ2) is 7.92. The number of morpholine rings is 1. The maximum Gasteiger partial charge on any atom is 0.313 e. The topological polar surface area (TPSA) is 67.9 Å². The Labute approximate surface area is 172 Å². The monoisotopic (exact) mass is 398 g/mol. The van der Waals surface area contributed by atoms with E-state index in [1.54, 1.807) is 0 Å². The Morgan fingerprint density at radius 2 is 1.93 bits per heavy atom. The van der Waals surface area contributed by atoms with Crippen molar-refractivity contribution in [1.29, 1.82) is 0 Å². The van der Waals surface area contributed by atoms with Crippen molar-refractivity contribution in [3.8, 4) is 0 Å². The molecule has 3 aliphatic rings. The lowest BCUT2D eigenvalue weighted by molar-refractivity contribution is -0.146. The van der Waals surface area contributed by atoms with Gasteiger partial charge >= 0.3 is 5.97 Å². The molecular formula is C23H30N2O4. The van der Waals surface area contributed by atoms with Crippen molar-refractivity contribution in [1.82, 2.24) is 4.90 Å². The Hall–Kier alpha value is -2.18. The highest BCUT2D eigenvalue weighted by molar-refractivity contribution is 5.92. The first-order chi connectivity index (χ1) is 13.8. The average Bonchev–Trinajstić information content (AvgIpc) is 3.10. The molecule has 0 bridgehead atoms. The standard InChI is InChI=1S/C23H30N2O4/c1-15-8-19-14-28-22(27)23(19,9-15)10-18-4-6-20(7-5-18)24-21(26)13-25-11-16(2)29-17(3)12-25/h4-7,16-17,19H,1,8-14H2,2-3H3,(H,24,26). The SMILES string of the molecule is C=C1CC2COC(=O)C2(Cc2ccc(NC(=O)CN3CC(C)OC(C)C3)cc2)C1. The van der Waals surface area contributed by atoms with Gasteiger partial charge in [-0.1, -0.05) is 24.3 Å². The van der Waals surface area contributed by atoms with E-state index >= 15 is 0 Å². The molecule has 1 saturated carbocycles. The third-order valence-electron chi connectivity index (χ3n) is 6.32. The summed E-state index contributed by atoms with van der Waals surface area (Å²) in [6.45, 7) is 10.6. The normalized spacial score (nSPS) is 32.1. The van der Waals surface area contributed by atoms with Gasteiger partial charge in [-0.15, -0.1) is 0 Å². The van der Waals surface area contributed by atoms with Gasteiger partial charge in [0.05, 0.1) is 30.8 Å². The zero-order valence-electron chi connectivity index (χ0n) is 17.3. The smallest absolute Gasteiger partial charge is 0.313 e. The summed E-state index contributed by atoms with van der Waals surface area (Å²) < 4.78 is 11.1. The minimum atomic E-state index is -0.453. The molecule has 2 heterocycles. The van der Waals surface area contributed by atoms with E-state index in [-0.39, 0.29) is 30.0 Å². The van der Waals surface area contributed by atoms with Crippen molar-refractivity contribution in [2.45, 2.75) is 45.3 Å². The van der Waals surface area contributed by atoms with Crippen molar-refractivity contribution in [3.05, 3.63) is 42.0 Å². The summed E-state index contributed by atoms with van der Waals surface area (Å²) in [4.78, 5) is 27.0. The molecule has 1 N–H and O–H groups in total. The lowest BCUT2D eigenvalue weighted by Crippen LogP contribution is -2.48. The largest absolute Gasteiger partial charge is 0.465 e. The number of hydrogen-bond donors (Lipinski definition) is 1. The maximum absolute atomic E-state index is 12.4. The fourth-order valence-corrected chi connectivity index (χ4v) is 5.15. The molecule has 0 spiro atoms. The molecule has 4 rings (SSSR count). The van der Waals surface area contributed by atoms with Crippen LogP contribution in [0.1, 0.15) is 32.3 Å². The van der Waals surface area contributed by atoms with E-state index in [0.29, 0.717) is 26.0 Å². The van der Waals surface area contributed by atoms with E-state index in [0.717, 1.165) is 36.3 Å². The minimum Gasteiger partial charge on any atom is -0.465 e. The summed E-state index contributed by atoms with van der Waals surface area (Å²) in [5, 5.41) is 2.97. The number of amides is 1. The summed E-state index contributed by atoms with van der Waals surface area (Å²) in [5.74, 6) is 0.122. The molecule has 6 heteroatoms. The predicted molar refractivity (Wildman–Crippen MR) is 110 cm³/mol. The average molecular weight is 399 g/mol. The van der Waals surface area contributed by atoms with Gasteiger partial charge in [-0.3, -0.25) is 14.5 Å². The first-order valence-electron chi connectivity index (χ1n) is 10.4. The number of carbonyl (C=O) groups excluding carboxylic acids is 2. The minimum absolute atomic E-state index is 0.0239. The van der Waals surface area contributed by atoms with Gasteiger partial charge in [0.1, 0.15) is 0 Å². The number of carbonyl (C=O) groups is 2. The van der Waals surface area contributed by atoms with Crippen LogP contribution in [0.25, 0.3) is 0 Å². The van der Waals surface area contributed by atoms with Crippen LogP contribution in [-0.4, -0.2) is 55.2 Å². The number of esters is 1. The quantitative estimate of drug-likeness (QED) is 0.610. The number of benzene rings is 1. The number of fused-ring (bicyclic) bond motifs is 1. The lowest BCUT2D eigenvalue weighted by Gasteiger charge is -2.34. The van der Waals surface area contributed by atoms with Gasteiger partial charge in [0.25, 0.3) is 0 Å². The second-order valence-corrected chi connectivity index (χ2v) is 8.96. The molecule has 1 aliphatic carbocycles. The van der Waals surface area contributed by atoms with Gasteiger partial charge in [-0.2, -0.15) is 0 Å². The van der Waals surface area contributed by atoms with Crippen molar-refractivity contribution >= 4 is 17.6 Å². The fraction of sp³-hybridized carbons (Fsp3) is 0.565. The van der Waals surface area contributed by atoms with Crippen LogP contribution in [-0.2, 0) is 25.5 Å². The molecule has 1 aromatic rings. The van der Waals surface area contributed by atoms with Gasteiger partial charge in [0, 0.05) is 24.7 Å². The molecule has 3 fully saturated rings. The number of cyclic esters (lactones) is 1. The van der Waals surface area contributed by atoms with E-state index < -0.39 is 5.41 Å². The fourth-order valence-electron chi connectivity index (χ4n) is 5.15. The van der Waals surface area contributed by atoms with Crippen LogP contribution in [0.5, 0.6) is 0 Å². The number of nitrogens with one attached hydrogen (secondary N) is 1. The molecule has 2 aliphatic heterocycles. The van der Waals surface area contributed by atoms with Crippen LogP contribution in [0, 0.1) is 11.3 Å². The first kappa shape index (κ1) is 20.1. The summed E-state index contributed by atoms with van der Waals surface area (Å²) in [7, 11) is 0. The molecule has 1 amide bonds. The number of nitrogens with zero attached hydrogens (tertiary/aromatic N) is 1. The van der Waals surface area contributed by atoms with E-state index in [1.807, 2.05) is 38.1 Å². The van der Waals surface area contributed by atoms with E-state index in [4.69, 9.17) is 9.47 Å². The Morgan fingerprint density at radius 1 is 1.24 bits per heavy atom. The Morgan fingerprint density at radius 3 is 2.62 bits per heavy atom. The number of hydrogen-bond acceptors (Lipinski definition) is 5. The summed E-state index contributed by atoms with van der Waals surface area (Å²) in [6, 6.07) is 7.81. The number of allylic oxidation sites excluding steroid dienone is 1. The molecule has 6 nitrogen and oxygen atoms in total. The van der Waals surface area contributed by atoms with Crippen molar-refractivity contribution in [2.24, 2.45) is 11.3 Å². The van der Waals surface area contributed by atoms with Gasteiger partial charge in [-0.05, 0) is 50.8 Å². The lowest BCUT2D eigenvalue weighted by atomic mass is 9.75. The van der Waals surface area contributed by atoms with E-state index in [1.165, 1.54) is 0 Å². The molecule has 0 aromatic heterocycles. The van der Waals surface area contributed by atoms with Crippen molar-refractivity contribution in [3.63, 3.8) is 0 Å². The molecule has 1 aromatic carbocycles. The summed E-state index contributed by atoms with van der Waals surface area (Å²) in [6.07, 6.45) is 2.53. The van der Waals surface area contributed by atoms with E-state index in [2.05, 4.69) is 16.8 Å². The van der Waals surface area contributed by atoms with Gasteiger partial charge in [-0.25, -0.2) is 0 Å². The Kier molecular flexibility index (Phi) is 5.49. The Bertz CT molecular complexity index is 796. The van der Waals surface area contributed by atoms with Crippen LogP contribution in [0.4, 0.5) is 5.69 Å². The zero-order valence-corrected chi connectivity index (χ0v) is 17.3. The highest BCUT2D eigenvalue weighted by atomic mass is 16.5. The highest BCUT2D eigenvalue weighted by Gasteiger charge is 2.55. The van der Waals surface area contributed by atoms with Crippen LogP contribution in [0.3, 0.4) is 0 Å². The highest BCUT2D eigenvalue weighted by Crippen LogP contribution is 2.52. The van der Waals surface area contributed by atoms with Gasteiger partial charge < -0.3 is 14.8 Å². The van der Waals surface area contributed by atoms with Crippen LogP contribution >= 0.6 is 0 Å². The third kappa shape index (κ3) is 4.23. The molecule has 4 atom stereocenters. The molecule has 29 heavy (non-hydrogen) atoms. The van der Waals surface area contributed by atoms with E-state index in [9.17, 15) is 9.59 Å². The van der Waals surface area contributed by atoms with Crippen LogP contribution in [0.15, 0.2) is 36.4 Å². The second-order valence-electron chi connectivity index (χ2n) is 8.96. The molecule has 0 radical (unpaired) electrons. The predicted octanol–water partition coefficient (Wildman–Crippen LogP) is 2.79. The molecular weight excluding hydrogens is 368 g/mol. The number of rotatable bonds is 5. The molecule has 4 unspecified atom stereocenters. The summed E-state index contributed by atoms with van der Waals surface area (Å²) >= 11 is 0. The molecule has 156 valence electrons. The number of ether oxygens (including phenoxy) is 2. The van der Waals surface area contributed by atoms with Crippen molar-refractivity contribution < 1.29 is 19.1 Å².